The highest BCUT2D eigenvalue weighted by Crippen LogP contribution is 2.22. The maximum absolute atomic E-state index is 12.2. The molecule has 0 bridgehead atoms. The summed E-state index contributed by atoms with van der Waals surface area (Å²) in [5.41, 5.74) is 1.70. The van der Waals surface area contributed by atoms with Gasteiger partial charge in [-0.2, -0.15) is 0 Å². The van der Waals surface area contributed by atoms with E-state index >= 15 is 0 Å². The molecule has 2 aromatic carbocycles. The van der Waals surface area contributed by atoms with E-state index in [9.17, 15) is 4.79 Å². The first kappa shape index (κ1) is 15.3. The van der Waals surface area contributed by atoms with Crippen LogP contribution in [0.15, 0.2) is 48.5 Å². The van der Waals surface area contributed by atoms with E-state index in [1.165, 1.54) is 0 Å². The Labute approximate surface area is 138 Å². The summed E-state index contributed by atoms with van der Waals surface area (Å²) in [6.45, 7) is 0.474. The topological polar surface area (TPSA) is 54.5 Å². The number of nitrogens with one attached hydrogen (secondary N) is 1. The van der Waals surface area contributed by atoms with E-state index < -0.39 is 0 Å². The standard InChI is InChI=1S/C17H17N3O2S/c1-20(11-16-19-14-5-3-4-6-15(14)23-16)17(21)18-12-7-9-13(22-2)10-8-12/h3-10H,11H2,1-2H3,(H,18,21). The summed E-state index contributed by atoms with van der Waals surface area (Å²) >= 11 is 1.60. The zero-order chi connectivity index (χ0) is 16.2. The number of carbonyl (C=O) groups excluding carboxylic acids is 1. The van der Waals surface area contributed by atoms with Gasteiger partial charge in [-0.1, -0.05) is 12.1 Å². The van der Waals surface area contributed by atoms with Crippen LogP contribution in [0.3, 0.4) is 0 Å². The average molecular weight is 327 g/mol. The molecular formula is C17H17N3O2S. The lowest BCUT2D eigenvalue weighted by Crippen LogP contribution is -2.30. The summed E-state index contributed by atoms with van der Waals surface area (Å²) < 4.78 is 6.23. The molecular weight excluding hydrogens is 310 g/mol. The number of aromatic nitrogens is 1. The number of carbonyl (C=O) groups is 1. The van der Waals surface area contributed by atoms with Crippen molar-refractivity contribution in [1.82, 2.24) is 9.88 Å². The zero-order valence-electron chi connectivity index (χ0n) is 12.9. The van der Waals surface area contributed by atoms with Crippen molar-refractivity contribution in [2.24, 2.45) is 0 Å². The van der Waals surface area contributed by atoms with E-state index in [0.29, 0.717) is 6.54 Å². The molecule has 0 spiro atoms. The summed E-state index contributed by atoms with van der Waals surface area (Å²) in [6, 6.07) is 15.0. The number of amides is 2. The molecule has 5 nitrogen and oxygen atoms in total. The summed E-state index contributed by atoms with van der Waals surface area (Å²) in [5.74, 6) is 0.755. The maximum Gasteiger partial charge on any atom is 0.321 e. The smallest absolute Gasteiger partial charge is 0.321 e. The molecule has 23 heavy (non-hydrogen) atoms. The lowest BCUT2D eigenvalue weighted by atomic mass is 10.3. The highest BCUT2D eigenvalue weighted by atomic mass is 32.1. The number of rotatable bonds is 4. The van der Waals surface area contributed by atoms with Crippen molar-refractivity contribution in [2.75, 3.05) is 19.5 Å². The fourth-order valence-electron chi connectivity index (χ4n) is 2.16. The second-order valence-corrected chi connectivity index (χ2v) is 6.21. The van der Waals surface area contributed by atoms with E-state index in [-0.39, 0.29) is 6.03 Å². The molecule has 1 aromatic heterocycles. The van der Waals surface area contributed by atoms with Gasteiger partial charge < -0.3 is 15.0 Å². The Morgan fingerprint density at radius 3 is 2.65 bits per heavy atom. The van der Waals surface area contributed by atoms with Gasteiger partial charge in [-0.05, 0) is 36.4 Å². The molecule has 0 aliphatic rings. The zero-order valence-corrected chi connectivity index (χ0v) is 13.8. The second-order valence-electron chi connectivity index (χ2n) is 5.09. The molecule has 2 amide bonds. The van der Waals surface area contributed by atoms with Crippen molar-refractivity contribution in [3.63, 3.8) is 0 Å². The molecule has 0 aliphatic carbocycles. The fraction of sp³-hybridized carbons (Fsp3) is 0.176. The number of nitrogens with zero attached hydrogens (tertiary/aromatic N) is 2. The van der Waals surface area contributed by atoms with Gasteiger partial charge in [-0.3, -0.25) is 0 Å². The normalized spacial score (nSPS) is 10.5. The number of anilines is 1. The largest absolute Gasteiger partial charge is 0.497 e. The maximum atomic E-state index is 12.2. The molecule has 0 saturated heterocycles. The second kappa shape index (κ2) is 6.66. The van der Waals surface area contributed by atoms with Crippen LogP contribution in [0, 0.1) is 0 Å². The van der Waals surface area contributed by atoms with E-state index in [4.69, 9.17) is 4.74 Å². The van der Waals surface area contributed by atoms with Crippen molar-refractivity contribution >= 4 is 33.3 Å². The van der Waals surface area contributed by atoms with Gasteiger partial charge in [0.25, 0.3) is 0 Å². The number of hydrogen-bond donors (Lipinski definition) is 1. The average Bonchev–Trinajstić information content (AvgIpc) is 2.97. The first-order chi connectivity index (χ1) is 11.2. The summed E-state index contributed by atoms with van der Waals surface area (Å²) in [5, 5.41) is 3.77. The van der Waals surface area contributed by atoms with Crippen LogP contribution in [0.5, 0.6) is 5.75 Å². The number of para-hydroxylation sites is 1. The lowest BCUT2D eigenvalue weighted by molar-refractivity contribution is 0.220. The van der Waals surface area contributed by atoms with E-state index in [1.807, 2.05) is 48.5 Å². The summed E-state index contributed by atoms with van der Waals surface area (Å²) in [6.07, 6.45) is 0. The number of hydrogen-bond acceptors (Lipinski definition) is 4. The predicted octanol–water partition coefficient (Wildman–Crippen LogP) is 3.97. The summed E-state index contributed by atoms with van der Waals surface area (Å²) in [4.78, 5) is 18.4. The molecule has 0 fully saturated rings. The Bertz CT molecular complexity index is 781. The minimum atomic E-state index is -0.172. The number of methoxy groups -OCH3 is 1. The van der Waals surface area contributed by atoms with Gasteiger partial charge in [0.1, 0.15) is 10.8 Å². The van der Waals surface area contributed by atoms with Crippen molar-refractivity contribution in [1.29, 1.82) is 0 Å². The van der Waals surface area contributed by atoms with Crippen LogP contribution in [-0.4, -0.2) is 30.1 Å². The molecule has 1 heterocycles. The van der Waals surface area contributed by atoms with Gasteiger partial charge in [0.05, 0.1) is 23.9 Å². The van der Waals surface area contributed by atoms with Gasteiger partial charge in [-0.25, -0.2) is 9.78 Å². The lowest BCUT2D eigenvalue weighted by Gasteiger charge is -2.16. The van der Waals surface area contributed by atoms with Crippen LogP contribution in [0.4, 0.5) is 10.5 Å². The van der Waals surface area contributed by atoms with Crippen molar-refractivity contribution in [2.45, 2.75) is 6.54 Å². The van der Waals surface area contributed by atoms with Gasteiger partial charge in [-0.15, -0.1) is 11.3 Å². The highest BCUT2D eigenvalue weighted by molar-refractivity contribution is 7.18. The molecule has 3 aromatic rings. The van der Waals surface area contributed by atoms with Gasteiger partial charge in [0, 0.05) is 12.7 Å². The molecule has 0 aliphatic heterocycles. The monoisotopic (exact) mass is 327 g/mol. The Morgan fingerprint density at radius 2 is 1.96 bits per heavy atom. The number of benzene rings is 2. The van der Waals surface area contributed by atoms with Crippen molar-refractivity contribution in [3.05, 3.63) is 53.5 Å². The number of thiazole rings is 1. The van der Waals surface area contributed by atoms with Gasteiger partial charge >= 0.3 is 6.03 Å². The molecule has 3 rings (SSSR count). The third-order valence-electron chi connectivity index (χ3n) is 3.40. The molecule has 0 radical (unpaired) electrons. The van der Waals surface area contributed by atoms with Crippen LogP contribution in [0.2, 0.25) is 0 Å². The van der Waals surface area contributed by atoms with Gasteiger partial charge in [0.15, 0.2) is 0 Å². The van der Waals surface area contributed by atoms with Crippen molar-refractivity contribution < 1.29 is 9.53 Å². The predicted molar refractivity (Wildman–Crippen MR) is 93.1 cm³/mol. The quantitative estimate of drug-likeness (QED) is 0.789. The third kappa shape index (κ3) is 3.60. The Hall–Kier alpha value is -2.60. The van der Waals surface area contributed by atoms with Crippen molar-refractivity contribution in [3.8, 4) is 5.75 Å². The molecule has 118 valence electrons. The molecule has 0 unspecified atom stereocenters. The minimum Gasteiger partial charge on any atom is -0.497 e. The minimum absolute atomic E-state index is 0.172. The van der Waals surface area contributed by atoms with Gasteiger partial charge in [0.2, 0.25) is 0 Å². The van der Waals surface area contributed by atoms with Crippen LogP contribution in [0.1, 0.15) is 5.01 Å². The number of fused-ring (bicyclic) bond motifs is 1. The Balaban J connectivity index is 1.64. The SMILES string of the molecule is COc1ccc(NC(=O)N(C)Cc2nc3ccccc3s2)cc1. The summed E-state index contributed by atoms with van der Waals surface area (Å²) in [7, 11) is 3.37. The van der Waals surface area contributed by atoms with E-state index in [1.54, 1.807) is 30.4 Å². The highest BCUT2D eigenvalue weighted by Gasteiger charge is 2.12. The molecule has 0 atom stereocenters. The third-order valence-corrected chi connectivity index (χ3v) is 4.42. The Morgan fingerprint density at radius 1 is 1.22 bits per heavy atom. The Kier molecular flexibility index (Phi) is 4.43. The van der Waals surface area contributed by atoms with Crippen LogP contribution >= 0.6 is 11.3 Å². The van der Waals surface area contributed by atoms with Crippen LogP contribution in [-0.2, 0) is 6.54 Å². The number of urea groups is 1. The molecule has 0 saturated carbocycles. The van der Waals surface area contributed by atoms with Crippen LogP contribution in [0.25, 0.3) is 10.2 Å². The number of ether oxygens (including phenoxy) is 1. The van der Waals surface area contributed by atoms with Crippen LogP contribution < -0.4 is 10.1 Å². The van der Waals surface area contributed by atoms with E-state index in [2.05, 4.69) is 10.3 Å². The molecule has 1 N–H and O–H groups in total. The first-order valence-corrected chi connectivity index (χ1v) is 7.98. The first-order valence-electron chi connectivity index (χ1n) is 7.16. The fourth-order valence-corrected chi connectivity index (χ4v) is 3.18. The molecule has 6 heteroatoms. The van der Waals surface area contributed by atoms with E-state index in [0.717, 1.165) is 26.7 Å².